The highest BCUT2D eigenvalue weighted by Gasteiger charge is 2.69. The number of rotatable bonds is 0. The zero-order chi connectivity index (χ0) is 28.2. The van der Waals surface area contributed by atoms with E-state index in [4.69, 9.17) is 20.0 Å². The van der Waals surface area contributed by atoms with Crippen molar-refractivity contribution in [3.05, 3.63) is 130 Å². The van der Waals surface area contributed by atoms with Crippen molar-refractivity contribution in [2.75, 3.05) is 0 Å². The smallest absolute Gasteiger partial charge is 0.192 e. The Kier molecular flexibility index (Phi) is 4.10. The first-order valence-electron chi connectivity index (χ1n) is 14.8. The summed E-state index contributed by atoms with van der Waals surface area (Å²) >= 11 is 0. The summed E-state index contributed by atoms with van der Waals surface area (Å²) in [6, 6.07) is 34.0. The zero-order valence-electron chi connectivity index (χ0n) is 23.3. The van der Waals surface area contributed by atoms with E-state index in [1.54, 1.807) is 0 Å². The Morgan fingerprint density at radius 2 is 0.864 bits per heavy atom. The number of amidine groups is 4. The van der Waals surface area contributed by atoms with Crippen LogP contribution in [0.5, 0.6) is 0 Å². The summed E-state index contributed by atoms with van der Waals surface area (Å²) in [5, 5.41) is 4.33. The van der Waals surface area contributed by atoms with Gasteiger partial charge < -0.3 is 0 Å². The molecule has 8 heteroatoms. The Hall–Kier alpha value is -5.76. The Morgan fingerprint density at radius 1 is 0.477 bits per heavy atom. The molecular weight excluding hydrogens is 544 g/mol. The number of fused-ring (bicyclic) bond motifs is 12. The largest absolute Gasteiger partial charge is 0.404 e. The third-order valence-electron chi connectivity index (χ3n) is 9.38. The first kappa shape index (κ1) is 23.8. The van der Waals surface area contributed by atoms with Gasteiger partial charge >= 0.3 is 5.91 Å². The third-order valence-corrected chi connectivity index (χ3v) is 9.38. The molecule has 4 aromatic carbocycles. The molecule has 0 saturated heterocycles. The average Bonchev–Trinajstić information content (AvgIpc) is 3.78. The van der Waals surface area contributed by atoms with E-state index >= 15 is 0 Å². The maximum atomic E-state index is 5.42. The predicted octanol–water partition coefficient (Wildman–Crippen LogP) is 5.37. The Labute approximate surface area is 251 Å². The topological polar surface area (TPSA) is 65.3 Å². The van der Waals surface area contributed by atoms with Crippen LogP contribution in [0.25, 0.3) is 21.5 Å². The zero-order valence-corrected chi connectivity index (χ0v) is 23.3. The molecule has 2 aromatic heterocycles. The van der Waals surface area contributed by atoms with E-state index in [9.17, 15) is 0 Å². The molecule has 0 bridgehead atoms. The second kappa shape index (κ2) is 7.60. The minimum Gasteiger partial charge on any atom is -0.192 e. The summed E-state index contributed by atoms with van der Waals surface area (Å²) in [5.41, 5.74) is 6.13. The van der Waals surface area contributed by atoms with Crippen LogP contribution in [0.15, 0.2) is 117 Å². The summed E-state index contributed by atoms with van der Waals surface area (Å²) in [7, 11) is 0. The van der Waals surface area contributed by atoms with E-state index in [-0.39, 0.29) is 7.43 Å². The fourth-order valence-corrected chi connectivity index (χ4v) is 7.88. The van der Waals surface area contributed by atoms with Crippen molar-refractivity contribution in [3.63, 3.8) is 0 Å². The van der Waals surface area contributed by atoms with Gasteiger partial charge in [0.15, 0.2) is 0 Å². The van der Waals surface area contributed by atoms with Crippen LogP contribution in [0.4, 0.5) is 11.6 Å². The van der Waals surface area contributed by atoms with Gasteiger partial charge in [-0.15, -0.1) is 9.15 Å². The molecule has 0 aliphatic carbocycles. The molecule has 208 valence electrons. The van der Waals surface area contributed by atoms with Gasteiger partial charge in [-0.3, -0.25) is 0 Å². The molecule has 6 aliphatic rings. The van der Waals surface area contributed by atoms with Crippen LogP contribution in [0, 0.1) is 0 Å². The SMILES string of the molecule is C.CC.c1ccc2c(c1)C1=Nc3c4ccccc4c4n3C35n6c(c7ccccc7c6=NC6=[N+]3C(=N4)c3ccccc36)=NC2=[N+]15. The predicted molar refractivity (Wildman–Crippen MR) is 172 cm³/mol. The van der Waals surface area contributed by atoms with Crippen molar-refractivity contribution in [2.45, 2.75) is 27.2 Å². The van der Waals surface area contributed by atoms with Gasteiger partial charge in [0.05, 0.1) is 22.3 Å². The molecule has 8 nitrogen and oxygen atoms in total. The van der Waals surface area contributed by atoms with Gasteiger partial charge in [-0.05, 0) is 48.5 Å². The molecule has 6 aliphatic heterocycles. The van der Waals surface area contributed by atoms with Crippen molar-refractivity contribution >= 4 is 56.5 Å². The molecule has 0 fully saturated rings. The summed E-state index contributed by atoms with van der Waals surface area (Å²) in [5.74, 6) is 4.46. The van der Waals surface area contributed by atoms with E-state index in [0.717, 1.165) is 89.8 Å². The molecule has 0 saturated carbocycles. The second-order valence-electron chi connectivity index (χ2n) is 11.2. The first-order valence-corrected chi connectivity index (χ1v) is 14.8. The fourth-order valence-electron chi connectivity index (χ4n) is 7.88. The Morgan fingerprint density at radius 3 is 1.32 bits per heavy atom. The van der Waals surface area contributed by atoms with Gasteiger partial charge in [0.25, 0.3) is 23.3 Å². The van der Waals surface area contributed by atoms with Crippen LogP contribution >= 0.6 is 0 Å². The highest BCUT2D eigenvalue weighted by molar-refractivity contribution is 6.20. The third kappa shape index (κ3) is 2.22. The van der Waals surface area contributed by atoms with Crippen LogP contribution in [-0.4, -0.2) is 41.6 Å². The summed E-state index contributed by atoms with van der Waals surface area (Å²) < 4.78 is 9.32. The van der Waals surface area contributed by atoms with Crippen LogP contribution < -0.4 is 11.0 Å². The lowest BCUT2D eigenvalue weighted by atomic mass is 10.1. The van der Waals surface area contributed by atoms with Gasteiger partial charge in [-0.1, -0.05) is 89.8 Å². The van der Waals surface area contributed by atoms with E-state index in [1.807, 2.05) is 13.8 Å². The molecule has 8 heterocycles. The van der Waals surface area contributed by atoms with E-state index in [0.29, 0.717) is 0 Å². The molecule has 0 atom stereocenters. The van der Waals surface area contributed by atoms with Crippen molar-refractivity contribution in [3.8, 4) is 0 Å². The van der Waals surface area contributed by atoms with Crippen LogP contribution in [0.2, 0.25) is 0 Å². The normalized spacial score (nSPS) is 17.3. The van der Waals surface area contributed by atoms with Crippen molar-refractivity contribution in [2.24, 2.45) is 20.0 Å². The van der Waals surface area contributed by atoms with Crippen molar-refractivity contribution < 1.29 is 9.15 Å². The number of aromatic nitrogens is 2. The number of aliphatic imine (C=N–C) groups is 2. The lowest BCUT2D eigenvalue weighted by molar-refractivity contribution is -0.790. The monoisotopic (exact) mass is 570 g/mol. The van der Waals surface area contributed by atoms with Crippen molar-refractivity contribution in [1.82, 2.24) is 9.13 Å². The molecule has 12 rings (SSSR count). The van der Waals surface area contributed by atoms with Gasteiger partial charge in [0.1, 0.15) is 0 Å². The van der Waals surface area contributed by atoms with Crippen LogP contribution in [0.1, 0.15) is 43.5 Å². The molecule has 0 radical (unpaired) electrons. The molecule has 0 unspecified atom stereocenters. The van der Waals surface area contributed by atoms with Gasteiger partial charge in [0.2, 0.25) is 22.6 Å². The fraction of sp³-hybridized carbons (Fsp3) is 0.111. The molecule has 1 spiro atoms. The average molecular weight is 571 g/mol. The summed E-state index contributed by atoms with van der Waals surface area (Å²) in [4.78, 5) is 21.7. The standard InChI is InChI=1S/C33H16N8.C2H6.CH4/c1-2-10-18-17(9-1)25-34-27-19-11-3-4-12-20(19)29-36-31-23-15-7-8-16-24(23)32-37-30-22-14-6-5-13-21(22)28-35-26(18)38(25)33(39(27)29,40(28)30)41(31)32;1-2;/h1-16H;1-2H3;1H4/q+2;;. The maximum Gasteiger partial charge on any atom is 0.404 e. The first-order chi connectivity index (χ1) is 21.4. The minimum atomic E-state index is -0.923. The maximum absolute atomic E-state index is 5.42. The van der Waals surface area contributed by atoms with Gasteiger partial charge in [0, 0.05) is 21.5 Å². The molecule has 0 N–H and O–H groups in total. The lowest BCUT2D eigenvalue weighted by Crippen LogP contribution is -2.71. The van der Waals surface area contributed by atoms with E-state index in [1.165, 1.54) is 0 Å². The van der Waals surface area contributed by atoms with Gasteiger partial charge in [-0.2, -0.15) is 9.13 Å². The lowest BCUT2D eigenvalue weighted by Gasteiger charge is -2.40. The molecule has 44 heavy (non-hydrogen) atoms. The van der Waals surface area contributed by atoms with E-state index < -0.39 is 5.91 Å². The van der Waals surface area contributed by atoms with Gasteiger partial charge in [-0.25, -0.2) is 0 Å². The second-order valence-corrected chi connectivity index (χ2v) is 11.2. The molecule has 6 aromatic rings. The highest BCUT2D eigenvalue weighted by Crippen LogP contribution is 2.52. The molecular formula is C36H26N8+2. The number of nitrogens with zero attached hydrogens (tertiary/aromatic N) is 8. The number of hydrogen-bond acceptors (Lipinski definition) is 4. The van der Waals surface area contributed by atoms with Crippen molar-refractivity contribution in [1.29, 1.82) is 0 Å². The minimum absolute atomic E-state index is 0. The number of benzene rings is 4. The number of hydrogen-bond donors (Lipinski definition) is 0. The summed E-state index contributed by atoms with van der Waals surface area (Å²) in [6.07, 6.45) is 0. The van der Waals surface area contributed by atoms with Crippen LogP contribution in [0.3, 0.4) is 0 Å². The summed E-state index contributed by atoms with van der Waals surface area (Å²) in [6.45, 7) is 4.00. The molecule has 0 amide bonds. The Balaban J connectivity index is 0.000000836. The Bertz CT molecular complexity index is 2470. The quantitative estimate of drug-likeness (QED) is 0.221. The van der Waals surface area contributed by atoms with Crippen LogP contribution in [-0.2, 0) is 5.91 Å². The highest BCUT2D eigenvalue weighted by atomic mass is 15.7. The van der Waals surface area contributed by atoms with E-state index in [2.05, 4.69) is 115 Å².